The molecule has 5 rings (SSSR count). The van der Waals surface area contributed by atoms with Gasteiger partial charge in [-0.05, 0) is 51.4 Å². The lowest BCUT2D eigenvalue weighted by molar-refractivity contribution is 0.00578. The highest BCUT2D eigenvalue weighted by molar-refractivity contribution is 6.62. The third kappa shape index (κ3) is 4.63. The van der Waals surface area contributed by atoms with E-state index in [0.717, 1.165) is 10.9 Å². The number of nitrogens with zero attached hydrogens (tertiary/aromatic N) is 4. The number of methoxy groups -OCH3 is 2. The lowest BCUT2D eigenvalue weighted by Gasteiger charge is -2.32. The molecule has 0 atom stereocenters. The molecule has 0 amide bonds. The highest BCUT2D eigenvalue weighted by Gasteiger charge is 2.52. The first-order valence-corrected chi connectivity index (χ1v) is 12.1. The lowest BCUT2D eigenvalue weighted by Crippen LogP contribution is -2.41. The Morgan fingerprint density at radius 3 is 2.32 bits per heavy atom. The van der Waals surface area contributed by atoms with E-state index in [1.807, 2.05) is 33.8 Å². The fourth-order valence-electron chi connectivity index (χ4n) is 4.32. The summed E-state index contributed by atoms with van der Waals surface area (Å²) in [4.78, 5) is 21.6. The van der Waals surface area contributed by atoms with Gasteiger partial charge >= 0.3 is 13.1 Å². The number of ether oxygens (including phenoxy) is 2. The summed E-state index contributed by atoms with van der Waals surface area (Å²) in [5, 5.41) is 5.25. The monoisotopic (exact) mass is 518 g/mol. The van der Waals surface area contributed by atoms with E-state index >= 15 is 0 Å². The number of esters is 1. The van der Waals surface area contributed by atoms with Gasteiger partial charge in [0.1, 0.15) is 11.6 Å². The fourth-order valence-corrected chi connectivity index (χ4v) is 4.32. The number of aromatic nitrogens is 4. The Kier molecular flexibility index (Phi) is 6.44. The van der Waals surface area contributed by atoms with Gasteiger partial charge in [0.25, 0.3) is 0 Å². The van der Waals surface area contributed by atoms with Gasteiger partial charge in [-0.3, -0.25) is 4.68 Å². The normalized spacial score (nSPS) is 16.1. The van der Waals surface area contributed by atoms with Crippen LogP contribution in [0.2, 0.25) is 0 Å². The Labute approximate surface area is 220 Å². The maximum absolute atomic E-state index is 13.9. The first kappa shape index (κ1) is 25.8. The molecule has 4 aromatic rings. The van der Waals surface area contributed by atoms with Gasteiger partial charge in [-0.15, -0.1) is 0 Å². The van der Waals surface area contributed by atoms with Crippen LogP contribution in [0.25, 0.3) is 22.3 Å². The molecular weight excluding hydrogens is 490 g/mol. The van der Waals surface area contributed by atoms with Crippen molar-refractivity contribution in [2.75, 3.05) is 14.2 Å². The molecular formula is C27H28BFN4O5. The standard InChI is InChI=1S/C27H28BFN4O5/c1-26(2)27(3,4)38-28(37-26)19-7-18-14-32-33(23(18)22(10-19)25(34)36-6)15-16-12-30-24(31-13-16)17-8-20(29)11-21(9-17)35-5/h7-14H,15H2,1-6H3. The van der Waals surface area contributed by atoms with Crippen LogP contribution in [0.1, 0.15) is 43.6 Å². The number of fused-ring (bicyclic) bond motifs is 1. The third-order valence-corrected chi connectivity index (χ3v) is 7.09. The maximum atomic E-state index is 13.9. The molecule has 2 aromatic heterocycles. The van der Waals surface area contributed by atoms with Crippen LogP contribution < -0.4 is 10.2 Å². The van der Waals surface area contributed by atoms with E-state index in [0.29, 0.717) is 40.2 Å². The van der Waals surface area contributed by atoms with E-state index in [1.165, 1.54) is 26.4 Å². The minimum absolute atomic E-state index is 0.302. The van der Waals surface area contributed by atoms with Crippen LogP contribution in [-0.2, 0) is 20.6 Å². The molecule has 0 radical (unpaired) electrons. The number of carbonyl (C=O) groups excluding carboxylic acids is 1. The van der Waals surface area contributed by atoms with Crippen molar-refractivity contribution in [2.24, 2.45) is 0 Å². The van der Waals surface area contributed by atoms with Crippen LogP contribution in [0.5, 0.6) is 5.75 Å². The molecule has 2 aromatic carbocycles. The van der Waals surface area contributed by atoms with Crippen LogP contribution in [0.3, 0.4) is 0 Å². The Hall–Kier alpha value is -3.83. The SMILES string of the molecule is COC(=O)c1cc(B2OC(C)(C)C(C)(C)O2)cc2cnn(Cc3cnc(-c4cc(F)cc(OC)c4)nc3)c12. The zero-order valence-electron chi connectivity index (χ0n) is 22.1. The van der Waals surface area contributed by atoms with Crippen molar-refractivity contribution in [2.45, 2.75) is 45.4 Å². The second-order valence-corrected chi connectivity index (χ2v) is 10.2. The van der Waals surface area contributed by atoms with Crippen molar-refractivity contribution in [3.05, 3.63) is 65.9 Å². The molecule has 11 heteroatoms. The largest absolute Gasteiger partial charge is 0.497 e. The van der Waals surface area contributed by atoms with Crippen LogP contribution >= 0.6 is 0 Å². The Morgan fingerprint density at radius 1 is 1.00 bits per heavy atom. The molecule has 0 unspecified atom stereocenters. The number of benzene rings is 2. The van der Waals surface area contributed by atoms with Crippen molar-refractivity contribution in [1.29, 1.82) is 0 Å². The van der Waals surface area contributed by atoms with E-state index in [1.54, 1.807) is 35.4 Å². The Bertz CT molecular complexity index is 1500. The average Bonchev–Trinajstić information content (AvgIpc) is 3.39. The van der Waals surface area contributed by atoms with Crippen molar-refractivity contribution in [3.8, 4) is 17.1 Å². The fraction of sp³-hybridized carbons (Fsp3) is 0.333. The first-order chi connectivity index (χ1) is 18.0. The van der Waals surface area contributed by atoms with Gasteiger partial charge in [0, 0.05) is 35.0 Å². The summed E-state index contributed by atoms with van der Waals surface area (Å²) in [7, 11) is 2.17. The molecule has 9 nitrogen and oxygen atoms in total. The number of halogens is 1. The molecule has 38 heavy (non-hydrogen) atoms. The van der Waals surface area contributed by atoms with Gasteiger partial charge in [-0.25, -0.2) is 19.2 Å². The summed E-state index contributed by atoms with van der Waals surface area (Å²) in [6.07, 6.45) is 4.97. The summed E-state index contributed by atoms with van der Waals surface area (Å²) < 4.78 is 38.2. The second-order valence-electron chi connectivity index (χ2n) is 10.2. The van der Waals surface area contributed by atoms with E-state index in [2.05, 4.69) is 15.1 Å². The zero-order valence-corrected chi connectivity index (χ0v) is 22.1. The van der Waals surface area contributed by atoms with Gasteiger partial charge in [0.15, 0.2) is 5.82 Å². The molecule has 1 saturated heterocycles. The van der Waals surface area contributed by atoms with E-state index in [9.17, 15) is 9.18 Å². The van der Waals surface area contributed by atoms with Crippen LogP contribution in [0, 0.1) is 5.82 Å². The number of hydrogen-bond donors (Lipinski definition) is 0. The molecule has 0 saturated carbocycles. The predicted molar refractivity (Wildman–Crippen MR) is 140 cm³/mol. The summed E-state index contributed by atoms with van der Waals surface area (Å²) in [5.74, 6) is -0.197. The van der Waals surface area contributed by atoms with Gasteiger partial charge in [-0.2, -0.15) is 5.10 Å². The highest BCUT2D eigenvalue weighted by Crippen LogP contribution is 2.37. The molecule has 1 aliphatic heterocycles. The maximum Gasteiger partial charge on any atom is 0.494 e. The quantitative estimate of drug-likeness (QED) is 0.281. The third-order valence-electron chi connectivity index (χ3n) is 7.09. The number of rotatable bonds is 6. The predicted octanol–water partition coefficient (Wildman–Crippen LogP) is 3.78. The molecule has 0 bridgehead atoms. The summed E-state index contributed by atoms with van der Waals surface area (Å²) >= 11 is 0. The van der Waals surface area contributed by atoms with Crippen LogP contribution in [-0.4, -0.2) is 58.3 Å². The minimum Gasteiger partial charge on any atom is -0.497 e. The Morgan fingerprint density at radius 2 is 1.68 bits per heavy atom. The molecule has 1 fully saturated rings. The topological polar surface area (TPSA) is 97.6 Å². The van der Waals surface area contributed by atoms with Gasteiger partial charge < -0.3 is 18.8 Å². The van der Waals surface area contributed by atoms with Gasteiger partial charge in [0.05, 0.1) is 49.2 Å². The molecule has 0 N–H and O–H groups in total. The molecule has 0 aliphatic carbocycles. The van der Waals surface area contributed by atoms with Crippen LogP contribution in [0.15, 0.2) is 48.9 Å². The lowest BCUT2D eigenvalue weighted by atomic mass is 9.77. The van der Waals surface area contributed by atoms with Crippen molar-refractivity contribution >= 4 is 29.5 Å². The molecule has 196 valence electrons. The van der Waals surface area contributed by atoms with E-state index < -0.39 is 30.1 Å². The summed E-state index contributed by atoms with van der Waals surface area (Å²) in [5.41, 5.74) is 1.85. The van der Waals surface area contributed by atoms with Crippen molar-refractivity contribution in [1.82, 2.24) is 19.7 Å². The van der Waals surface area contributed by atoms with Crippen molar-refractivity contribution in [3.63, 3.8) is 0 Å². The Balaban J connectivity index is 1.47. The average molecular weight is 518 g/mol. The zero-order chi connectivity index (χ0) is 27.2. The smallest absolute Gasteiger partial charge is 0.494 e. The van der Waals surface area contributed by atoms with E-state index in [-0.39, 0.29) is 0 Å². The van der Waals surface area contributed by atoms with Gasteiger partial charge in [0.2, 0.25) is 0 Å². The highest BCUT2D eigenvalue weighted by atomic mass is 19.1. The number of hydrogen-bond acceptors (Lipinski definition) is 8. The van der Waals surface area contributed by atoms with Gasteiger partial charge in [-0.1, -0.05) is 6.07 Å². The molecule has 3 heterocycles. The molecule has 0 spiro atoms. The first-order valence-electron chi connectivity index (χ1n) is 12.1. The second kappa shape index (κ2) is 9.48. The molecule has 1 aliphatic rings. The van der Waals surface area contributed by atoms with E-state index in [4.69, 9.17) is 18.8 Å². The minimum atomic E-state index is -0.640. The number of carbonyl (C=O) groups is 1. The summed E-state index contributed by atoms with van der Waals surface area (Å²) in [6, 6.07) is 7.94. The van der Waals surface area contributed by atoms with Crippen LogP contribution in [0.4, 0.5) is 4.39 Å². The van der Waals surface area contributed by atoms with Crippen molar-refractivity contribution < 1.29 is 28.0 Å². The summed E-state index contributed by atoms with van der Waals surface area (Å²) in [6.45, 7) is 8.20.